The fourth-order valence-electron chi connectivity index (χ4n) is 4.73. The van der Waals surface area contributed by atoms with Crippen LogP contribution in [-0.2, 0) is 0 Å². The van der Waals surface area contributed by atoms with E-state index in [-0.39, 0.29) is 4.70 Å². The number of unbranched alkanes of at least 4 members (excludes halogenated alkanes) is 5. The van der Waals surface area contributed by atoms with Crippen LogP contribution in [0.4, 0.5) is 0 Å². The summed E-state index contributed by atoms with van der Waals surface area (Å²) in [4.78, 5) is 0. The summed E-state index contributed by atoms with van der Waals surface area (Å²) in [6, 6.07) is 23.4. The molecule has 0 spiro atoms. The van der Waals surface area contributed by atoms with Crippen LogP contribution in [0.5, 0.6) is 0 Å². The summed E-state index contributed by atoms with van der Waals surface area (Å²) in [5.41, 5.74) is 0. The van der Waals surface area contributed by atoms with Crippen LogP contribution in [-0.4, -0.2) is 39.5 Å². The molecule has 1 nitrogen and oxygen atoms in total. The molecule has 0 amide bonds. The monoisotopic (exact) mass is 500 g/mol. The van der Waals surface area contributed by atoms with Gasteiger partial charge in [-0.2, -0.15) is 0 Å². The van der Waals surface area contributed by atoms with E-state index in [0.29, 0.717) is 0 Å². The SMILES string of the molecule is CCCC[N+](CCCC)(CCCC)CCCC.CCCC[Si](c1ccccc1)c1ccccc1.[F-]. The molecule has 3 heteroatoms. The van der Waals surface area contributed by atoms with Crippen molar-refractivity contribution in [2.24, 2.45) is 0 Å². The molecule has 0 saturated carbocycles. The molecule has 2 rings (SSSR count). The molecule has 35 heavy (non-hydrogen) atoms. The van der Waals surface area contributed by atoms with Crippen molar-refractivity contribution in [3.05, 3.63) is 60.7 Å². The van der Waals surface area contributed by atoms with Gasteiger partial charge in [0.2, 0.25) is 0 Å². The van der Waals surface area contributed by atoms with Crippen molar-refractivity contribution in [3.63, 3.8) is 0 Å². The number of rotatable bonds is 17. The van der Waals surface area contributed by atoms with Gasteiger partial charge in [0.15, 0.2) is 0 Å². The third kappa shape index (κ3) is 14.0. The zero-order chi connectivity index (χ0) is 24.9. The Labute approximate surface area is 219 Å². The number of nitrogens with zero attached hydrogens (tertiary/aromatic N) is 1. The molecule has 0 aliphatic heterocycles. The number of benzene rings is 2. The van der Waals surface area contributed by atoms with Crippen molar-refractivity contribution in [1.29, 1.82) is 0 Å². The van der Waals surface area contributed by atoms with E-state index in [9.17, 15) is 0 Å². The lowest BCUT2D eigenvalue weighted by Crippen LogP contribution is -3.00. The maximum Gasteiger partial charge on any atom is 0.121 e. The molecule has 0 unspecified atom stereocenters. The Morgan fingerprint density at radius 3 is 1.09 bits per heavy atom. The molecular weight excluding hydrogens is 445 g/mol. The lowest BCUT2D eigenvalue weighted by molar-refractivity contribution is -0.929. The van der Waals surface area contributed by atoms with Gasteiger partial charge in [-0.15, -0.1) is 0 Å². The van der Waals surface area contributed by atoms with Crippen molar-refractivity contribution >= 4 is 19.2 Å². The van der Waals surface area contributed by atoms with E-state index >= 15 is 0 Å². The highest BCUT2D eigenvalue weighted by Crippen LogP contribution is 2.16. The first-order valence-corrected chi connectivity index (χ1v) is 16.2. The van der Waals surface area contributed by atoms with Crippen molar-refractivity contribution in [2.45, 2.75) is 105 Å². The first kappa shape index (κ1) is 33.5. The molecule has 0 heterocycles. The van der Waals surface area contributed by atoms with Gasteiger partial charge in [0.25, 0.3) is 0 Å². The summed E-state index contributed by atoms with van der Waals surface area (Å²) >= 11 is 0. The van der Waals surface area contributed by atoms with Gasteiger partial charge in [0, 0.05) is 0 Å². The zero-order valence-electron chi connectivity index (χ0n) is 23.7. The minimum atomic E-state index is -0.562. The molecular formula is C32H55FNSi. The van der Waals surface area contributed by atoms with Crippen LogP contribution in [0.25, 0.3) is 0 Å². The predicted molar refractivity (Wildman–Crippen MR) is 157 cm³/mol. The maximum atomic E-state index is 2.33. The highest BCUT2D eigenvalue weighted by Gasteiger charge is 2.24. The Kier molecular flexibility index (Phi) is 20.9. The Balaban J connectivity index is 0.000000642. The molecule has 0 saturated heterocycles. The summed E-state index contributed by atoms with van der Waals surface area (Å²) in [7, 11) is -0.562. The largest absolute Gasteiger partial charge is 1.00 e. The average molecular weight is 501 g/mol. The third-order valence-corrected chi connectivity index (χ3v) is 9.88. The number of quaternary nitrogens is 1. The van der Waals surface area contributed by atoms with Crippen molar-refractivity contribution < 1.29 is 9.19 Å². The molecule has 2 aromatic carbocycles. The van der Waals surface area contributed by atoms with Crippen LogP contribution in [0.15, 0.2) is 60.7 Å². The van der Waals surface area contributed by atoms with E-state index in [1.807, 2.05) is 0 Å². The van der Waals surface area contributed by atoms with Crippen molar-refractivity contribution in [2.75, 3.05) is 26.2 Å². The van der Waals surface area contributed by atoms with Crippen molar-refractivity contribution in [1.82, 2.24) is 0 Å². The molecule has 0 aliphatic carbocycles. The van der Waals surface area contributed by atoms with E-state index < -0.39 is 8.80 Å². The Morgan fingerprint density at radius 1 is 0.486 bits per heavy atom. The van der Waals surface area contributed by atoms with Gasteiger partial charge in [-0.25, -0.2) is 0 Å². The second-order valence-electron chi connectivity index (χ2n) is 9.96. The van der Waals surface area contributed by atoms with Crippen LogP contribution in [0, 0.1) is 0 Å². The molecule has 0 aliphatic rings. The van der Waals surface area contributed by atoms with E-state index in [1.165, 1.54) is 111 Å². The van der Waals surface area contributed by atoms with Crippen LogP contribution < -0.4 is 15.1 Å². The normalized spacial score (nSPS) is 11.0. The second-order valence-corrected chi connectivity index (χ2v) is 12.6. The van der Waals surface area contributed by atoms with E-state index in [1.54, 1.807) is 0 Å². The topological polar surface area (TPSA) is 0 Å². The first-order valence-electron chi connectivity index (χ1n) is 14.5. The smallest absolute Gasteiger partial charge is 0.121 e. The van der Waals surface area contributed by atoms with Gasteiger partial charge in [0.05, 0.1) is 26.2 Å². The highest BCUT2D eigenvalue weighted by molar-refractivity contribution is 6.85. The average Bonchev–Trinajstić information content (AvgIpc) is 2.90. The molecule has 0 atom stereocenters. The minimum Gasteiger partial charge on any atom is -1.00 e. The van der Waals surface area contributed by atoms with E-state index in [0.717, 1.165) is 0 Å². The Hall–Kier alpha value is -1.45. The van der Waals surface area contributed by atoms with Gasteiger partial charge in [-0.05, 0) is 25.7 Å². The maximum absolute atomic E-state index is 2.33. The van der Waals surface area contributed by atoms with Gasteiger partial charge in [0.1, 0.15) is 8.80 Å². The fourth-order valence-corrected chi connectivity index (χ4v) is 7.54. The zero-order valence-corrected chi connectivity index (χ0v) is 24.7. The molecule has 199 valence electrons. The summed E-state index contributed by atoms with van der Waals surface area (Å²) in [5.74, 6) is 0. The Bertz CT molecular complexity index is 614. The lowest BCUT2D eigenvalue weighted by atomic mass is 10.1. The summed E-state index contributed by atoms with van der Waals surface area (Å²) in [6.07, 6.45) is 13.7. The van der Waals surface area contributed by atoms with Crippen LogP contribution in [0.1, 0.15) is 98.8 Å². The van der Waals surface area contributed by atoms with Gasteiger partial charge >= 0.3 is 0 Å². The first-order chi connectivity index (χ1) is 16.7. The van der Waals surface area contributed by atoms with Gasteiger partial charge in [-0.1, -0.05) is 150 Å². The quantitative estimate of drug-likeness (QED) is 0.209. The number of hydrogen-bond donors (Lipinski definition) is 0. The second kappa shape index (κ2) is 21.8. The molecule has 2 aromatic rings. The van der Waals surface area contributed by atoms with Crippen LogP contribution in [0.2, 0.25) is 6.04 Å². The number of halogens is 1. The van der Waals surface area contributed by atoms with Crippen LogP contribution in [0.3, 0.4) is 0 Å². The number of hydrogen-bond acceptors (Lipinski definition) is 0. The predicted octanol–water partition coefficient (Wildman–Crippen LogP) is 5.10. The molecule has 0 fully saturated rings. The van der Waals surface area contributed by atoms with Crippen LogP contribution >= 0.6 is 0 Å². The molecule has 0 aromatic heterocycles. The van der Waals surface area contributed by atoms with Gasteiger partial charge < -0.3 is 9.19 Å². The Morgan fingerprint density at radius 2 is 0.800 bits per heavy atom. The molecule has 0 bridgehead atoms. The minimum absolute atomic E-state index is 0. The standard InChI is InChI=1S/C16H36N.C16H19Si.FH/c1-5-9-13-17(14-10-6-2,15-11-7-3)16-12-8-4;1-2-3-14-17(15-10-6-4-7-11-15)16-12-8-5-9-13-16;/h5-16H2,1-4H3;4-13H,2-3,14H2,1H3;1H/q+1;;/p-1. The third-order valence-electron chi connectivity index (χ3n) is 6.97. The van der Waals surface area contributed by atoms with E-state index in [2.05, 4.69) is 95.3 Å². The summed E-state index contributed by atoms with van der Waals surface area (Å²) < 4.78 is 1.42. The van der Waals surface area contributed by atoms with Gasteiger partial charge in [-0.3, -0.25) is 0 Å². The molecule has 0 N–H and O–H groups in total. The summed E-state index contributed by atoms with van der Waals surface area (Å²) in [5, 5.41) is 3.08. The molecule has 1 radical (unpaired) electrons. The highest BCUT2D eigenvalue weighted by atomic mass is 28.3. The fraction of sp³-hybridized carbons (Fsp3) is 0.625. The lowest BCUT2D eigenvalue weighted by Gasteiger charge is -2.39. The van der Waals surface area contributed by atoms with E-state index in [4.69, 9.17) is 0 Å². The van der Waals surface area contributed by atoms with Crippen molar-refractivity contribution in [3.8, 4) is 0 Å². The summed E-state index contributed by atoms with van der Waals surface area (Å²) in [6.45, 7) is 17.3.